The van der Waals surface area contributed by atoms with Gasteiger partial charge in [0.2, 0.25) is 0 Å². The number of aryl methyl sites for hydroxylation is 1. The summed E-state index contributed by atoms with van der Waals surface area (Å²) >= 11 is 0. The summed E-state index contributed by atoms with van der Waals surface area (Å²) < 4.78 is 26.6. The topological polar surface area (TPSA) is 20.2 Å². The van der Waals surface area contributed by atoms with Gasteiger partial charge in [-0.1, -0.05) is 24.3 Å². The fraction of sp³-hybridized carbons (Fsp3) is 0.294. The van der Waals surface area contributed by atoms with E-state index in [1.54, 1.807) is 0 Å². The van der Waals surface area contributed by atoms with Crippen molar-refractivity contribution in [2.75, 3.05) is 0 Å². The normalized spacial score (nSPS) is 21.6. The quantitative estimate of drug-likeness (QED) is 0.884. The number of benzene rings is 2. The number of hydrogen-bond acceptors (Lipinski definition) is 1. The highest BCUT2D eigenvalue weighted by Crippen LogP contribution is 2.37. The predicted molar refractivity (Wildman–Crippen MR) is 73.3 cm³/mol. The molecule has 104 valence electrons. The monoisotopic (exact) mass is 274 g/mol. The van der Waals surface area contributed by atoms with Crippen molar-refractivity contribution in [3.8, 4) is 0 Å². The van der Waals surface area contributed by atoms with Crippen molar-refractivity contribution in [1.29, 1.82) is 0 Å². The maximum absolute atomic E-state index is 13.3. The Balaban J connectivity index is 1.97. The molecule has 2 aromatic carbocycles. The molecule has 0 aromatic heterocycles. The van der Waals surface area contributed by atoms with Crippen LogP contribution in [0.2, 0.25) is 0 Å². The molecule has 1 aliphatic carbocycles. The molecule has 1 unspecified atom stereocenters. The number of hydrogen-bond donors (Lipinski definition) is 1. The van der Waals surface area contributed by atoms with Crippen LogP contribution in [0.1, 0.15) is 29.5 Å². The summed E-state index contributed by atoms with van der Waals surface area (Å²) in [5, 5.41) is 10.9. The molecule has 3 rings (SSSR count). The van der Waals surface area contributed by atoms with Crippen LogP contribution in [-0.2, 0) is 18.4 Å². The molecule has 0 radical (unpaired) electrons. The van der Waals surface area contributed by atoms with Gasteiger partial charge in [0.25, 0.3) is 0 Å². The fourth-order valence-corrected chi connectivity index (χ4v) is 3.13. The van der Waals surface area contributed by atoms with Crippen molar-refractivity contribution in [3.63, 3.8) is 0 Å². The summed E-state index contributed by atoms with van der Waals surface area (Å²) in [6.07, 6.45) is 2.67. The number of halogens is 2. The van der Waals surface area contributed by atoms with Crippen LogP contribution >= 0.6 is 0 Å². The molecule has 0 saturated carbocycles. The van der Waals surface area contributed by atoms with E-state index in [0.717, 1.165) is 30.0 Å². The maximum atomic E-state index is 13.3. The molecule has 3 heteroatoms. The summed E-state index contributed by atoms with van der Waals surface area (Å²) in [7, 11) is 0. The summed E-state index contributed by atoms with van der Waals surface area (Å²) in [5.41, 5.74) is 1.46. The molecular formula is C17H16F2O. The number of rotatable bonds is 2. The lowest BCUT2D eigenvalue weighted by molar-refractivity contribution is 0.0189. The van der Waals surface area contributed by atoms with Gasteiger partial charge in [-0.05, 0) is 48.1 Å². The summed E-state index contributed by atoms with van der Waals surface area (Å²) in [6, 6.07) is 11.2. The van der Waals surface area contributed by atoms with E-state index in [2.05, 4.69) is 0 Å². The number of aliphatic hydroxyl groups is 1. The highest BCUT2D eigenvalue weighted by Gasteiger charge is 2.34. The minimum Gasteiger partial charge on any atom is -0.385 e. The smallest absolute Gasteiger partial charge is 0.126 e. The molecule has 1 atom stereocenters. The first-order valence-corrected chi connectivity index (χ1v) is 6.83. The second-order valence-corrected chi connectivity index (χ2v) is 5.50. The Morgan fingerprint density at radius 1 is 1.05 bits per heavy atom. The van der Waals surface area contributed by atoms with Gasteiger partial charge in [0.05, 0.1) is 5.60 Å². The fourth-order valence-electron chi connectivity index (χ4n) is 3.13. The van der Waals surface area contributed by atoms with Crippen molar-refractivity contribution in [2.24, 2.45) is 0 Å². The average molecular weight is 274 g/mol. The summed E-state index contributed by atoms with van der Waals surface area (Å²) in [4.78, 5) is 0. The molecule has 0 aliphatic heterocycles. The lowest BCUT2D eigenvalue weighted by Crippen LogP contribution is -2.33. The van der Waals surface area contributed by atoms with E-state index in [0.29, 0.717) is 12.0 Å². The molecule has 1 nitrogen and oxygen atoms in total. The first-order chi connectivity index (χ1) is 9.57. The first kappa shape index (κ1) is 13.3. The Bertz CT molecular complexity index is 618. The van der Waals surface area contributed by atoms with Gasteiger partial charge in [0.15, 0.2) is 0 Å². The first-order valence-electron chi connectivity index (χ1n) is 6.83. The van der Waals surface area contributed by atoms with E-state index >= 15 is 0 Å². The standard InChI is InChI=1S/C17H16F2O/c18-14-8-12(9-15(19)10-14)11-17(20)7-3-5-13-4-1-2-6-16(13)17/h1-2,4,6,8-10,20H,3,5,7,11H2. The van der Waals surface area contributed by atoms with E-state index < -0.39 is 17.2 Å². The average Bonchev–Trinajstić information content (AvgIpc) is 2.37. The second kappa shape index (κ2) is 4.98. The summed E-state index contributed by atoms with van der Waals surface area (Å²) in [6.45, 7) is 0. The molecular weight excluding hydrogens is 258 g/mol. The highest BCUT2D eigenvalue weighted by atomic mass is 19.1. The van der Waals surface area contributed by atoms with Gasteiger partial charge in [0.1, 0.15) is 11.6 Å². The zero-order valence-corrected chi connectivity index (χ0v) is 11.1. The second-order valence-electron chi connectivity index (χ2n) is 5.50. The minimum atomic E-state index is -1.03. The van der Waals surface area contributed by atoms with Crippen LogP contribution in [-0.4, -0.2) is 5.11 Å². The minimum absolute atomic E-state index is 0.235. The molecule has 0 amide bonds. The molecule has 0 spiro atoms. The van der Waals surface area contributed by atoms with Gasteiger partial charge >= 0.3 is 0 Å². The third kappa shape index (κ3) is 2.46. The molecule has 20 heavy (non-hydrogen) atoms. The van der Waals surface area contributed by atoms with Gasteiger partial charge < -0.3 is 5.11 Å². The van der Waals surface area contributed by atoms with Crippen molar-refractivity contribution in [2.45, 2.75) is 31.3 Å². The van der Waals surface area contributed by atoms with Gasteiger partial charge in [-0.25, -0.2) is 8.78 Å². The molecule has 2 aromatic rings. The number of fused-ring (bicyclic) bond motifs is 1. The van der Waals surface area contributed by atoms with Gasteiger partial charge in [0, 0.05) is 12.5 Å². The van der Waals surface area contributed by atoms with E-state index in [9.17, 15) is 13.9 Å². The summed E-state index contributed by atoms with van der Waals surface area (Å²) in [5.74, 6) is -1.21. The zero-order valence-electron chi connectivity index (χ0n) is 11.1. The molecule has 0 bridgehead atoms. The van der Waals surface area contributed by atoms with E-state index in [1.807, 2.05) is 24.3 Å². The third-order valence-corrected chi connectivity index (χ3v) is 3.97. The lowest BCUT2D eigenvalue weighted by Gasteiger charge is -2.34. The Kier molecular flexibility index (Phi) is 3.30. The largest absolute Gasteiger partial charge is 0.385 e. The van der Waals surface area contributed by atoms with Crippen molar-refractivity contribution in [1.82, 2.24) is 0 Å². The zero-order chi connectivity index (χ0) is 14.2. The van der Waals surface area contributed by atoms with E-state index in [-0.39, 0.29) is 6.42 Å². The van der Waals surface area contributed by atoms with Crippen molar-refractivity contribution >= 4 is 0 Å². The molecule has 1 aliphatic rings. The van der Waals surface area contributed by atoms with Crippen LogP contribution in [0.4, 0.5) is 8.78 Å². The van der Waals surface area contributed by atoms with Gasteiger partial charge in [-0.2, -0.15) is 0 Å². The van der Waals surface area contributed by atoms with Gasteiger partial charge in [-0.3, -0.25) is 0 Å². The molecule has 0 saturated heterocycles. The molecule has 0 heterocycles. The molecule has 1 N–H and O–H groups in total. The SMILES string of the molecule is OC1(Cc2cc(F)cc(F)c2)CCCc2ccccc21. The van der Waals surface area contributed by atoms with Crippen LogP contribution in [0.3, 0.4) is 0 Å². The van der Waals surface area contributed by atoms with Crippen LogP contribution in [0.5, 0.6) is 0 Å². The Hall–Kier alpha value is -1.74. The van der Waals surface area contributed by atoms with Crippen LogP contribution in [0, 0.1) is 11.6 Å². The molecule has 0 fully saturated rings. The van der Waals surface area contributed by atoms with E-state index in [4.69, 9.17) is 0 Å². The Morgan fingerprint density at radius 3 is 2.50 bits per heavy atom. The van der Waals surface area contributed by atoms with Gasteiger partial charge in [-0.15, -0.1) is 0 Å². The van der Waals surface area contributed by atoms with Crippen LogP contribution in [0.25, 0.3) is 0 Å². The Labute approximate surface area is 116 Å². The predicted octanol–water partition coefficient (Wildman–Crippen LogP) is 3.73. The third-order valence-electron chi connectivity index (χ3n) is 3.97. The van der Waals surface area contributed by atoms with Crippen molar-refractivity contribution < 1.29 is 13.9 Å². The highest BCUT2D eigenvalue weighted by molar-refractivity contribution is 5.36. The van der Waals surface area contributed by atoms with E-state index in [1.165, 1.54) is 12.1 Å². The van der Waals surface area contributed by atoms with Crippen molar-refractivity contribution in [3.05, 3.63) is 70.8 Å². The Morgan fingerprint density at radius 2 is 1.75 bits per heavy atom. The maximum Gasteiger partial charge on any atom is 0.126 e. The van der Waals surface area contributed by atoms with Crippen LogP contribution in [0.15, 0.2) is 42.5 Å². The lowest BCUT2D eigenvalue weighted by atomic mass is 9.76. The van der Waals surface area contributed by atoms with Crippen LogP contribution < -0.4 is 0 Å².